The fraction of sp³-hybridized carbons (Fsp3) is 0.250. The molecule has 0 fully saturated rings. The highest BCUT2D eigenvalue weighted by Gasteiger charge is 2.33. The number of ether oxygens (including phenoxy) is 1. The van der Waals surface area contributed by atoms with Gasteiger partial charge in [-0.1, -0.05) is 42.5 Å². The van der Waals surface area contributed by atoms with Gasteiger partial charge in [0.15, 0.2) is 11.9 Å². The van der Waals surface area contributed by atoms with E-state index in [0.717, 1.165) is 5.56 Å². The Morgan fingerprint density at radius 3 is 2.44 bits per heavy atom. The molecule has 0 aliphatic heterocycles. The smallest absolute Gasteiger partial charge is 0.316 e. The number of hydrogen-bond donors (Lipinski definition) is 1. The number of nitrogens with zero attached hydrogens (tertiary/aromatic N) is 1. The van der Waals surface area contributed by atoms with Crippen LogP contribution in [0, 0.1) is 0 Å². The number of aromatic nitrogens is 2. The molecule has 1 aromatic heterocycles. The highest BCUT2D eigenvalue weighted by atomic mass is 16.5. The number of H-pyrrole nitrogens is 1. The molecule has 0 spiro atoms. The van der Waals surface area contributed by atoms with E-state index in [4.69, 9.17) is 4.74 Å². The second-order valence-electron chi connectivity index (χ2n) is 6.51. The van der Waals surface area contributed by atoms with E-state index in [0.29, 0.717) is 16.7 Å². The van der Waals surface area contributed by atoms with E-state index in [2.05, 4.69) is 9.97 Å². The molecular formula is C20H20N2O3. The zero-order chi connectivity index (χ0) is 18.0. The number of para-hydroxylation sites is 1. The first kappa shape index (κ1) is 16.9. The number of nitrogens with one attached hydrogen (secondary N) is 1. The summed E-state index contributed by atoms with van der Waals surface area (Å²) in [5, 5.41) is 0.509. The molecule has 3 aromatic rings. The fourth-order valence-corrected chi connectivity index (χ4v) is 2.63. The molecule has 0 saturated heterocycles. The van der Waals surface area contributed by atoms with Crippen LogP contribution in [0.3, 0.4) is 0 Å². The van der Waals surface area contributed by atoms with E-state index >= 15 is 0 Å². The molecule has 0 aliphatic rings. The molecule has 1 N–H and O–H groups in total. The van der Waals surface area contributed by atoms with Crippen molar-refractivity contribution in [3.05, 3.63) is 76.3 Å². The van der Waals surface area contributed by atoms with Gasteiger partial charge in [0.1, 0.15) is 0 Å². The van der Waals surface area contributed by atoms with Crippen LogP contribution in [0.25, 0.3) is 10.9 Å². The topological polar surface area (TPSA) is 72.0 Å². The van der Waals surface area contributed by atoms with Crippen molar-refractivity contribution in [3.8, 4) is 0 Å². The molecule has 2 aromatic carbocycles. The van der Waals surface area contributed by atoms with E-state index in [1.165, 1.54) is 0 Å². The van der Waals surface area contributed by atoms with Gasteiger partial charge in [-0.3, -0.25) is 9.59 Å². The van der Waals surface area contributed by atoms with Crippen molar-refractivity contribution in [1.82, 2.24) is 9.97 Å². The molecule has 128 valence electrons. The van der Waals surface area contributed by atoms with Crippen molar-refractivity contribution >= 4 is 16.9 Å². The van der Waals surface area contributed by atoms with Gasteiger partial charge in [-0.25, -0.2) is 4.98 Å². The summed E-state index contributed by atoms with van der Waals surface area (Å²) in [6.45, 7) is 5.33. The number of benzene rings is 2. The summed E-state index contributed by atoms with van der Waals surface area (Å²) in [6.07, 6.45) is -0.659. The molecule has 25 heavy (non-hydrogen) atoms. The van der Waals surface area contributed by atoms with Gasteiger partial charge in [0.2, 0.25) is 0 Å². The molecule has 0 bridgehead atoms. The van der Waals surface area contributed by atoms with Crippen LogP contribution in [-0.4, -0.2) is 15.9 Å². The van der Waals surface area contributed by atoms with E-state index in [1.54, 1.807) is 25.1 Å². The summed E-state index contributed by atoms with van der Waals surface area (Å²) < 4.78 is 5.59. The van der Waals surface area contributed by atoms with Crippen molar-refractivity contribution in [2.24, 2.45) is 0 Å². The molecular weight excluding hydrogens is 316 g/mol. The van der Waals surface area contributed by atoms with Crippen molar-refractivity contribution in [2.75, 3.05) is 0 Å². The molecule has 3 rings (SSSR count). The van der Waals surface area contributed by atoms with E-state index in [-0.39, 0.29) is 11.5 Å². The minimum absolute atomic E-state index is 0.245. The first-order chi connectivity index (χ1) is 11.9. The van der Waals surface area contributed by atoms with Gasteiger partial charge in [0.25, 0.3) is 5.56 Å². The molecule has 0 amide bonds. The monoisotopic (exact) mass is 336 g/mol. The first-order valence-electron chi connectivity index (χ1n) is 8.15. The second kappa shape index (κ2) is 6.51. The van der Waals surface area contributed by atoms with Gasteiger partial charge in [0.05, 0.1) is 16.3 Å². The van der Waals surface area contributed by atoms with Crippen LogP contribution >= 0.6 is 0 Å². The molecule has 1 atom stereocenters. The second-order valence-corrected chi connectivity index (χ2v) is 6.51. The molecule has 0 unspecified atom stereocenters. The van der Waals surface area contributed by atoms with Gasteiger partial charge >= 0.3 is 5.97 Å². The zero-order valence-electron chi connectivity index (χ0n) is 14.4. The lowest BCUT2D eigenvalue weighted by atomic mass is 9.85. The third kappa shape index (κ3) is 3.31. The average Bonchev–Trinajstić information content (AvgIpc) is 2.62. The zero-order valence-corrected chi connectivity index (χ0v) is 14.4. The number of hydrogen-bond acceptors (Lipinski definition) is 4. The largest absolute Gasteiger partial charge is 0.454 e. The predicted molar refractivity (Wildman–Crippen MR) is 96.3 cm³/mol. The van der Waals surface area contributed by atoms with E-state index in [9.17, 15) is 9.59 Å². The van der Waals surface area contributed by atoms with E-state index in [1.807, 2.05) is 50.2 Å². The normalized spacial score (nSPS) is 12.8. The number of rotatable bonds is 4. The van der Waals surface area contributed by atoms with Gasteiger partial charge in [-0.15, -0.1) is 0 Å². The standard InChI is InChI=1S/C20H20N2O3/c1-13(17-21-16-12-8-7-11-15(16)18(23)22-17)25-19(24)20(2,3)14-9-5-4-6-10-14/h4-13H,1-3H3,(H,21,22,23)/t13-/m1/s1. The van der Waals surface area contributed by atoms with Crippen LogP contribution in [0.2, 0.25) is 0 Å². The molecule has 5 nitrogen and oxygen atoms in total. The SMILES string of the molecule is C[C@@H](OC(=O)C(C)(C)c1ccccc1)c1nc2ccccc2c(=O)[nH]1. The molecule has 0 aliphatic carbocycles. The summed E-state index contributed by atoms with van der Waals surface area (Å²) in [7, 11) is 0. The fourth-order valence-electron chi connectivity index (χ4n) is 2.63. The molecule has 0 saturated carbocycles. The maximum Gasteiger partial charge on any atom is 0.316 e. The number of esters is 1. The first-order valence-corrected chi connectivity index (χ1v) is 8.15. The van der Waals surface area contributed by atoms with Crippen molar-refractivity contribution in [2.45, 2.75) is 32.3 Å². The Balaban J connectivity index is 1.86. The minimum Gasteiger partial charge on any atom is -0.454 e. The lowest BCUT2D eigenvalue weighted by molar-refractivity contribution is -0.154. The van der Waals surface area contributed by atoms with Crippen LogP contribution in [0.4, 0.5) is 0 Å². The Morgan fingerprint density at radius 2 is 1.72 bits per heavy atom. The Kier molecular flexibility index (Phi) is 4.40. The Bertz CT molecular complexity index is 961. The quantitative estimate of drug-likeness (QED) is 0.740. The summed E-state index contributed by atoms with van der Waals surface area (Å²) >= 11 is 0. The molecule has 0 radical (unpaired) electrons. The van der Waals surface area contributed by atoms with Gasteiger partial charge in [0, 0.05) is 0 Å². The average molecular weight is 336 g/mol. The third-order valence-electron chi connectivity index (χ3n) is 4.31. The van der Waals surface area contributed by atoms with Gasteiger partial charge in [-0.2, -0.15) is 0 Å². The molecule has 5 heteroatoms. The predicted octanol–water partition coefficient (Wildman–Crippen LogP) is 3.51. The van der Waals surface area contributed by atoms with Gasteiger partial charge < -0.3 is 9.72 Å². The van der Waals surface area contributed by atoms with Crippen LogP contribution in [-0.2, 0) is 14.9 Å². The number of fused-ring (bicyclic) bond motifs is 1. The number of aromatic amines is 1. The van der Waals surface area contributed by atoms with Crippen LogP contribution in [0.1, 0.15) is 38.3 Å². The summed E-state index contributed by atoms with van der Waals surface area (Å²) in [5.74, 6) is -0.0390. The van der Waals surface area contributed by atoms with Crippen LogP contribution < -0.4 is 5.56 Å². The van der Waals surface area contributed by atoms with E-state index < -0.39 is 11.5 Å². The summed E-state index contributed by atoms with van der Waals surface area (Å²) in [4.78, 5) is 31.9. The number of carbonyl (C=O) groups excluding carboxylic acids is 1. The van der Waals surface area contributed by atoms with Crippen molar-refractivity contribution in [3.63, 3.8) is 0 Å². The minimum atomic E-state index is -0.799. The van der Waals surface area contributed by atoms with Crippen molar-refractivity contribution in [1.29, 1.82) is 0 Å². The maximum absolute atomic E-state index is 12.7. The molecule has 1 heterocycles. The number of carbonyl (C=O) groups is 1. The Labute approximate surface area is 145 Å². The summed E-state index contributed by atoms with van der Waals surface area (Å²) in [5.41, 5.74) is 0.400. The lowest BCUT2D eigenvalue weighted by Gasteiger charge is -2.25. The Hall–Kier alpha value is -2.95. The van der Waals surface area contributed by atoms with Crippen LogP contribution in [0.5, 0.6) is 0 Å². The highest BCUT2D eigenvalue weighted by molar-refractivity contribution is 5.82. The maximum atomic E-state index is 12.7. The Morgan fingerprint density at radius 1 is 1.08 bits per heavy atom. The van der Waals surface area contributed by atoms with Crippen molar-refractivity contribution < 1.29 is 9.53 Å². The lowest BCUT2D eigenvalue weighted by Crippen LogP contribution is -2.32. The van der Waals surface area contributed by atoms with Crippen LogP contribution in [0.15, 0.2) is 59.4 Å². The third-order valence-corrected chi connectivity index (χ3v) is 4.31. The van der Waals surface area contributed by atoms with Gasteiger partial charge in [-0.05, 0) is 38.5 Å². The summed E-state index contributed by atoms with van der Waals surface area (Å²) in [6, 6.07) is 16.5. The highest BCUT2D eigenvalue weighted by Crippen LogP contribution is 2.27.